The third-order valence-corrected chi connectivity index (χ3v) is 2.32. The minimum absolute atomic E-state index is 0.360. The van der Waals surface area contributed by atoms with Gasteiger partial charge in [-0.1, -0.05) is 17.7 Å². The third-order valence-electron chi connectivity index (χ3n) is 2.12. The second kappa shape index (κ2) is 5.69. The Balaban J connectivity index is 2.20. The summed E-state index contributed by atoms with van der Waals surface area (Å²) < 4.78 is 11.0. The lowest BCUT2D eigenvalue weighted by Gasteiger charge is -2.08. The molecule has 18 heavy (non-hydrogen) atoms. The van der Waals surface area contributed by atoms with Gasteiger partial charge in [-0.3, -0.25) is 0 Å². The largest absolute Gasteiger partial charge is 0.494 e. The van der Waals surface area contributed by atoms with Crippen molar-refractivity contribution in [2.75, 3.05) is 6.61 Å². The standard InChI is InChI=1S/C13H13ClN2O2/c1-3-17-10-5-4-6-11(7-10)18-13-8-12(14)15-9(2)16-13/h4-8H,3H2,1-2H3. The van der Waals surface area contributed by atoms with Crippen molar-refractivity contribution in [1.82, 2.24) is 9.97 Å². The van der Waals surface area contributed by atoms with Crippen molar-refractivity contribution in [2.45, 2.75) is 13.8 Å². The van der Waals surface area contributed by atoms with Crippen LogP contribution in [-0.2, 0) is 0 Å². The van der Waals surface area contributed by atoms with E-state index in [0.717, 1.165) is 5.75 Å². The van der Waals surface area contributed by atoms with E-state index in [9.17, 15) is 0 Å². The predicted octanol–water partition coefficient (Wildman–Crippen LogP) is 3.63. The van der Waals surface area contributed by atoms with Crippen molar-refractivity contribution in [2.24, 2.45) is 0 Å². The first kappa shape index (κ1) is 12.6. The summed E-state index contributed by atoms with van der Waals surface area (Å²) in [5, 5.41) is 0.360. The molecule has 2 aromatic rings. The number of nitrogens with zero attached hydrogens (tertiary/aromatic N) is 2. The van der Waals surface area contributed by atoms with Crippen molar-refractivity contribution in [3.05, 3.63) is 41.3 Å². The first-order chi connectivity index (χ1) is 8.67. The van der Waals surface area contributed by atoms with Crippen molar-refractivity contribution in [3.8, 4) is 17.4 Å². The topological polar surface area (TPSA) is 44.2 Å². The van der Waals surface area contributed by atoms with Gasteiger partial charge >= 0.3 is 0 Å². The summed E-state index contributed by atoms with van der Waals surface area (Å²) in [7, 11) is 0. The minimum Gasteiger partial charge on any atom is -0.494 e. The lowest BCUT2D eigenvalue weighted by molar-refractivity contribution is 0.338. The van der Waals surface area contributed by atoms with Crippen LogP contribution in [0.2, 0.25) is 5.15 Å². The van der Waals surface area contributed by atoms with Crippen LogP contribution in [0.15, 0.2) is 30.3 Å². The molecule has 0 aliphatic heterocycles. The molecular formula is C13H13ClN2O2. The van der Waals surface area contributed by atoms with Crippen LogP contribution in [0.4, 0.5) is 0 Å². The number of aryl methyl sites for hydroxylation is 1. The quantitative estimate of drug-likeness (QED) is 0.791. The van der Waals surface area contributed by atoms with Crippen LogP contribution in [-0.4, -0.2) is 16.6 Å². The maximum atomic E-state index is 5.84. The van der Waals surface area contributed by atoms with Gasteiger partial charge in [-0.2, -0.15) is 4.98 Å². The van der Waals surface area contributed by atoms with Gasteiger partial charge in [-0.05, 0) is 26.0 Å². The number of ether oxygens (including phenoxy) is 2. The summed E-state index contributed by atoms with van der Waals surface area (Å²) >= 11 is 5.84. The Labute approximate surface area is 111 Å². The SMILES string of the molecule is CCOc1cccc(Oc2cc(Cl)nc(C)n2)c1. The summed E-state index contributed by atoms with van der Waals surface area (Å²) in [6, 6.07) is 8.93. The lowest BCUT2D eigenvalue weighted by atomic mass is 10.3. The van der Waals surface area contributed by atoms with Gasteiger partial charge in [0.2, 0.25) is 5.88 Å². The number of hydrogen-bond acceptors (Lipinski definition) is 4. The zero-order valence-corrected chi connectivity index (χ0v) is 10.9. The molecule has 0 N–H and O–H groups in total. The fourth-order valence-electron chi connectivity index (χ4n) is 1.47. The van der Waals surface area contributed by atoms with E-state index in [4.69, 9.17) is 21.1 Å². The average molecular weight is 265 g/mol. The summed E-state index contributed by atoms with van der Waals surface area (Å²) in [5.41, 5.74) is 0. The minimum atomic E-state index is 0.360. The maximum Gasteiger partial charge on any atom is 0.224 e. The second-order valence-electron chi connectivity index (χ2n) is 3.59. The molecule has 0 fully saturated rings. The van der Waals surface area contributed by atoms with Gasteiger partial charge in [0.1, 0.15) is 22.5 Å². The van der Waals surface area contributed by atoms with E-state index in [2.05, 4.69) is 9.97 Å². The first-order valence-corrected chi connectivity index (χ1v) is 5.97. The van der Waals surface area contributed by atoms with Crippen molar-refractivity contribution < 1.29 is 9.47 Å². The van der Waals surface area contributed by atoms with E-state index in [0.29, 0.717) is 29.2 Å². The Morgan fingerprint density at radius 1 is 1.17 bits per heavy atom. The van der Waals surface area contributed by atoms with Crippen LogP contribution >= 0.6 is 11.6 Å². The summed E-state index contributed by atoms with van der Waals surface area (Å²) in [4.78, 5) is 8.12. The molecule has 0 saturated heterocycles. The Morgan fingerprint density at radius 3 is 2.67 bits per heavy atom. The van der Waals surface area contributed by atoms with Crippen LogP contribution in [0.25, 0.3) is 0 Å². The van der Waals surface area contributed by atoms with Crippen LogP contribution in [0, 0.1) is 6.92 Å². The van der Waals surface area contributed by atoms with Crippen LogP contribution in [0.3, 0.4) is 0 Å². The maximum absolute atomic E-state index is 5.84. The van der Waals surface area contributed by atoms with E-state index in [1.807, 2.05) is 25.1 Å². The molecule has 0 amide bonds. The van der Waals surface area contributed by atoms with Gasteiger partial charge in [-0.15, -0.1) is 0 Å². The zero-order valence-electron chi connectivity index (χ0n) is 10.2. The second-order valence-corrected chi connectivity index (χ2v) is 3.97. The van der Waals surface area contributed by atoms with E-state index in [1.54, 1.807) is 19.1 Å². The summed E-state index contributed by atoms with van der Waals surface area (Å²) in [6.45, 7) is 4.30. The summed E-state index contributed by atoms with van der Waals surface area (Å²) in [6.07, 6.45) is 0. The normalized spacial score (nSPS) is 10.2. The predicted molar refractivity (Wildman–Crippen MR) is 69.5 cm³/mol. The average Bonchev–Trinajstić information content (AvgIpc) is 2.28. The first-order valence-electron chi connectivity index (χ1n) is 5.59. The van der Waals surface area contributed by atoms with E-state index in [1.165, 1.54) is 0 Å². The molecule has 0 aliphatic rings. The molecule has 5 heteroatoms. The van der Waals surface area contributed by atoms with Gasteiger partial charge in [0.05, 0.1) is 6.61 Å². The summed E-state index contributed by atoms with van der Waals surface area (Å²) in [5.74, 6) is 2.39. The highest BCUT2D eigenvalue weighted by Gasteiger charge is 2.03. The molecular weight excluding hydrogens is 252 g/mol. The molecule has 0 saturated carbocycles. The molecule has 1 aromatic carbocycles. The Bertz CT molecular complexity index is 526. The van der Waals surface area contributed by atoms with Crippen LogP contribution in [0.1, 0.15) is 12.7 Å². The number of halogens is 1. The molecule has 2 rings (SSSR count). The molecule has 4 nitrogen and oxygen atoms in total. The van der Waals surface area contributed by atoms with E-state index < -0.39 is 0 Å². The Kier molecular flexibility index (Phi) is 3.99. The number of aromatic nitrogens is 2. The van der Waals surface area contributed by atoms with Crippen molar-refractivity contribution in [3.63, 3.8) is 0 Å². The molecule has 0 unspecified atom stereocenters. The van der Waals surface area contributed by atoms with Gasteiger partial charge in [0.15, 0.2) is 0 Å². The van der Waals surface area contributed by atoms with Gasteiger partial charge in [0.25, 0.3) is 0 Å². The lowest BCUT2D eigenvalue weighted by Crippen LogP contribution is -1.94. The monoisotopic (exact) mass is 264 g/mol. The smallest absolute Gasteiger partial charge is 0.224 e. The highest BCUT2D eigenvalue weighted by molar-refractivity contribution is 6.29. The third kappa shape index (κ3) is 3.34. The molecule has 94 valence electrons. The van der Waals surface area contributed by atoms with Gasteiger partial charge in [0, 0.05) is 12.1 Å². The Hall–Kier alpha value is -1.81. The molecule has 1 heterocycles. The molecule has 0 aliphatic carbocycles. The van der Waals surface area contributed by atoms with Gasteiger partial charge < -0.3 is 9.47 Å². The molecule has 0 spiro atoms. The number of rotatable bonds is 4. The molecule has 0 atom stereocenters. The van der Waals surface area contributed by atoms with Crippen molar-refractivity contribution in [1.29, 1.82) is 0 Å². The molecule has 0 bridgehead atoms. The van der Waals surface area contributed by atoms with Crippen molar-refractivity contribution >= 4 is 11.6 Å². The van der Waals surface area contributed by atoms with Crippen LogP contribution in [0.5, 0.6) is 17.4 Å². The van der Waals surface area contributed by atoms with Crippen LogP contribution < -0.4 is 9.47 Å². The van der Waals surface area contributed by atoms with E-state index >= 15 is 0 Å². The number of hydrogen-bond donors (Lipinski definition) is 0. The zero-order chi connectivity index (χ0) is 13.0. The molecule has 0 radical (unpaired) electrons. The fourth-order valence-corrected chi connectivity index (χ4v) is 1.69. The Morgan fingerprint density at radius 2 is 1.94 bits per heavy atom. The van der Waals surface area contributed by atoms with Gasteiger partial charge in [-0.25, -0.2) is 4.98 Å². The van der Waals surface area contributed by atoms with E-state index in [-0.39, 0.29) is 0 Å². The molecule has 1 aromatic heterocycles. The fraction of sp³-hybridized carbons (Fsp3) is 0.231. The highest BCUT2D eigenvalue weighted by Crippen LogP contribution is 2.25. The number of benzene rings is 1. The highest BCUT2D eigenvalue weighted by atomic mass is 35.5.